The van der Waals surface area contributed by atoms with E-state index in [1.165, 1.54) is 0 Å². The molecule has 1 aromatic rings. The van der Waals surface area contributed by atoms with Crippen molar-refractivity contribution in [2.24, 2.45) is 0 Å². The lowest BCUT2D eigenvalue weighted by molar-refractivity contribution is -0.120. The minimum Gasteiger partial charge on any atom is -0.358 e. The van der Waals surface area contributed by atoms with E-state index in [4.69, 9.17) is 11.6 Å². The molecule has 0 heterocycles. The monoisotopic (exact) mass is 275 g/mol. The van der Waals surface area contributed by atoms with E-state index in [1.807, 2.05) is 25.1 Å². The Bertz CT molecular complexity index is 354. The number of benzene rings is 1. The van der Waals surface area contributed by atoms with Gasteiger partial charge in [0, 0.05) is 11.5 Å². The van der Waals surface area contributed by atoms with Gasteiger partial charge in [-0.2, -0.15) is 0 Å². The lowest BCUT2D eigenvalue weighted by atomic mass is 10.1. The van der Waals surface area contributed by atoms with Crippen LogP contribution in [0.2, 0.25) is 0 Å². The number of hydrogen-bond acceptors (Lipinski definition) is 1. The van der Waals surface area contributed by atoms with Gasteiger partial charge < -0.3 is 5.32 Å². The maximum absolute atomic E-state index is 11.3. The van der Waals surface area contributed by atoms with Crippen molar-refractivity contribution in [3.63, 3.8) is 0 Å². The predicted molar refractivity (Wildman–Crippen MR) is 61.5 cm³/mol. The second-order valence-electron chi connectivity index (χ2n) is 3.00. The summed E-state index contributed by atoms with van der Waals surface area (Å²) in [6.45, 7) is 1.98. The molecule has 4 heteroatoms. The van der Waals surface area contributed by atoms with Crippen LogP contribution in [0.1, 0.15) is 16.5 Å². The van der Waals surface area contributed by atoms with E-state index in [1.54, 1.807) is 7.05 Å². The largest absolute Gasteiger partial charge is 0.358 e. The maximum Gasteiger partial charge on any atom is 0.242 e. The zero-order chi connectivity index (χ0) is 10.7. The minimum atomic E-state index is -0.644. The van der Waals surface area contributed by atoms with Crippen LogP contribution < -0.4 is 5.32 Å². The summed E-state index contributed by atoms with van der Waals surface area (Å²) in [6, 6.07) is 5.72. The van der Waals surface area contributed by atoms with Crippen molar-refractivity contribution in [3.8, 4) is 0 Å². The molecule has 14 heavy (non-hydrogen) atoms. The summed E-state index contributed by atoms with van der Waals surface area (Å²) in [5.41, 5.74) is 1.91. The number of likely N-dealkylation sites (N-methyl/N-ethyl adjacent to an activating group) is 1. The maximum atomic E-state index is 11.3. The van der Waals surface area contributed by atoms with E-state index in [9.17, 15) is 4.79 Å². The third-order valence-corrected chi connectivity index (χ3v) is 3.03. The molecule has 0 saturated heterocycles. The molecule has 1 N–H and O–H groups in total. The molecule has 0 radical (unpaired) electrons. The highest BCUT2D eigenvalue weighted by atomic mass is 79.9. The Hall–Kier alpha value is -0.540. The molecule has 76 valence electrons. The highest BCUT2D eigenvalue weighted by molar-refractivity contribution is 9.10. The molecule has 0 spiro atoms. The first-order valence-electron chi connectivity index (χ1n) is 4.18. The van der Waals surface area contributed by atoms with Crippen molar-refractivity contribution in [1.29, 1.82) is 0 Å². The SMILES string of the molecule is CNC(=O)C(Cl)c1ccc(C)cc1Br. The molecule has 0 bridgehead atoms. The van der Waals surface area contributed by atoms with Crippen LogP contribution >= 0.6 is 27.5 Å². The molecule has 1 rings (SSSR count). The van der Waals surface area contributed by atoms with Gasteiger partial charge in [0.1, 0.15) is 5.38 Å². The van der Waals surface area contributed by atoms with Crippen LogP contribution in [0, 0.1) is 6.92 Å². The van der Waals surface area contributed by atoms with Crippen LogP contribution in [0.5, 0.6) is 0 Å². The fourth-order valence-electron chi connectivity index (χ4n) is 1.11. The number of alkyl halides is 1. The first kappa shape index (κ1) is 11.5. The third kappa shape index (κ3) is 2.49. The van der Waals surface area contributed by atoms with Crippen molar-refractivity contribution in [3.05, 3.63) is 33.8 Å². The van der Waals surface area contributed by atoms with Gasteiger partial charge in [0.05, 0.1) is 0 Å². The number of aryl methyl sites for hydroxylation is 1. The molecule has 2 nitrogen and oxygen atoms in total. The number of rotatable bonds is 2. The van der Waals surface area contributed by atoms with Crippen LogP contribution in [-0.4, -0.2) is 13.0 Å². The van der Waals surface area contributed by atoms with E-state index in [0.717, 1.165) is 15.6 Å². The van der Waals surface area contributed by atoms with Crippen molar-refractivity contribution < 1.29 is 4.79 Å². The summed E-state index contributed by atoms with van der Waals surface area (Å²) in [7, 11) is 1.57. The number of carbonyl (C=O) groups excluding carboxylic acids is 1. The van der Waals surface area contributed by atoms with Crippen LogP contribution in [0.3, 0.4) is 0 Å². The number of hydrogen-bond donors (Lipinski definition) is 1. The Balaban J connectivity index is 3.01. The zero-order valence-corrected chi connectivity index (χ0v) is 10.3. The second-order valence-corrected chi connectivity index (χ2v) is 4.29. The number of carbonyl (C=O) groups is 1. The highest BCUT2D eigenvalue weighted by Crippen LogP contribution is 2.28. The van der Waals surface area contributed by atoms with Gasteiger partial charge in [-0.05, 0) is 24.1 Å². The smallest absolute Gasteiger partial charge is 0.242 e. The Kier molecular flexibility index (Phi) is 3.96. The Morgan fingerprint density at radius 3 is 2.71 bits per heavy atom. The summed E-state index contributed by atoms with van der Waals surface area (Å²) in [5.74, 6) is -0.198. The summed E-state index contributed by atoms with van der Waals surface area (Å²) in [4.78, 5) is 11.3. The number of amides is 1. The standard InChI is InChI=1S/C10H11BrClNO/c1-6-3-4-7(8(11)5-6)9(12)10(14)13-2/h3-5,9H,1-2H3,(H,13,14). The molecule has 1 aromatic carbocycles. The molecule has 0 saturated carbocycles. The van der Waals surface area contributed by atoms with Gasteiger partial charge in [-0.3, -0.25) is 4.79 Å². The Morgan fingerprint density at radius 2 is 2.21 bits per heavy atom. The van der Waals surface area contributed by atoms with Gasteiger partial charge in [-0.15, -0.1) is 11.6 Å². The van der Waals surface area contributed by atoms with E-state index in [-0.39, 0.29) is 5.91 Å². The normalized spacial score (nSPS) is 12.3. The summed E-state index contributed by atoms with van der Waals surface area (Å²) in [6.07, 6.45) is 0. The van der Waals surface area contributed by atoms with Crippen LogP contribution in [0.4, 0.5) is 0 Å². The summed E-state index contributed by atoms with van der Waals surface area (Å²) >= 11 is 9.35. The third-order valence-electron chi connectivity index (χ3n) is 1.91. The molecular weight excluding hydrogens is 265 g/mol. The molecule has 1 atom stereocenters. The van der Waals surface area contributed by atoms with Gasteiger partial charge in [-0.1, -0.05) is 28.1 Å². The van der Waals surface area contributed by atoms with Gasteiger partial charge in [0.25, 0.3) is 0 Å². The lowest BCUT2D eigenvalue weighted by Gasteiger charge is -2.10. The van der Waals surface area contributed by atoms with Crippen LogP contribution in [-0.2, 0) is 4.79 Å². The van der Waals surface area contributed by atoms with Crippen LogP contribution in [0.15, 0.2) is 22.7 Å². The van der Waals surface area contributed by atoms with Crippen molar-refractivity contribution >= 4 is 33.4 Å². The summed E-state index contributed by atoms with van der Waals surface area (Å²) < 4.78 is 0.862. The van der Waals surface area contributed by atoms with Crippen molar-refractivity contribution in [2.75, 3.05) is 7.05 Å². The Labute approximate surface area is 96.8 Å². The molecule has 0 aliphatic rings. The fourth-order valence-corrected chi connectivity index (χ4v) is 2.26. The Morgan fingerprint density at radius 1 is 1.57 bits per heavy atom. The first-order chi connectivity index (χ1) is 6.56. The van der Waals surface area contributed by atoms with Crippen molar-refractivity contribution in [1.82, 2.24) is 5.32 Å². The van der Waals surface area contributed by atoms with Crippen LogP contribution in [0.25, 0.3) is 0 Å². The molecule has 1 unspecified atom stereocenters. The van der Waals surface area contributed by atoms with Gasteiger partial charge in [-0.25, -0.2) is 0 Å². The molecule has 1 amide bonds. The fraction of sp³-hybridized carbons (Fsp3) is 0.300. The van der Waals surface area contributed by atoms with Gasteiger partial charge in [0.15, 0.2) is 0 Å². The topological polar surface area (TPSA) is 29.1 Å². The van der Waals surface area contributed by atoms with E-state index in [2.05, 4.69) is 21.2 Å². The van der Waals surface area contributed by atoms with E-state index < -0.39 is 5.38 Å². The highest BCUT2D eigenvalue weighted by Gasteiger charge is 2.18. The number of halogens is 2. The van der Waals surface area contributed by atoms with Gasteiger partial charge in [0.2, 0.25) is 5.91 Å². The molecule has 0 aliphatic heterocycles. The zero-order valence-electron chi connectivity index (χ0n) is 7.97. The minimum absolute atomic E-state index is 0.198. The van der Waals surface area contributed by atoms with E-state index in [0.29, 0.717) is 0 Å². The van der Waals surface area contributed by atoms with E-state index >= 15 is 0 Å². The molecule has 0 aromatic heterocycles. The lowest BCUT2D eigenvalue weighted by Crippen LogP contribution is -2.22. The average Bonchev–Trinajstić information content (AvgIpc) is 2.15. The molecule has 0 fully saturated rings. The quantitative estimate of drug-likeness (QED) is 0.827. The second kappa shape index (κ2) is 4.80. The number of nitrogens with one attached hydrogen (secondary N) is 1. The van der Waals surface area contributed by atoms with Gasteiger partial charge >= 0.3 is 0 Å². The first-order valence-corrected chi connectivity index (χ1v) is 5.41. The van der Waals surface area contributed by atoms with Crippen molar-refractivity contribution in [2.45, 2.75) is 12.3 Å². The predicted octanol–water partition coefficient (Wildman–Crippen LogP) is 2.78. The average molecular weight is 277 g/mol. The molecule has 0 aliphatic carbocycles. The molecular formula is C10H11BrClNO. The summed E-state index contributed by atoms with van der Waals surface area (Å²) in [5, 5.41) is 1.87.